The van der Waals surface area contributed by atoms with Crippen LogP contribution in [0.1, 0.15) is 43.9 Å². The number of amides is 2. The van der Waals surface area contributed by atoms with Crippen molar-refractivity contribution in [1.82, 2.24) is 10.2 Å². The second kappa shape index (κ2) is 11.5. The van der Waals surface area contributed by atoms with Crippen LogP contribution in [0.15, 0.2) is 40.9 Å². The molecular weight excluding hydrogens is 480 g/mol. The molecule has 0 aromatic heterocycles. The maximum atomic E-state index is 13.1. The Labute approximate surface area is 198 Å². The number of benzene rings is 2. The van der Waals surface area contributed by atoms with E-state index in [1.807, 2.05) is 52.0 Å². The van der Waals surface area contributed by atoms with E-state index in [2.05, 4.69) is 21.2 Å². The summed E-state index contributed by atoms with van der Waals surface area (Å²) in [5.74, 6) is 0.125. The summed E-state index contributed by atoms with van der Waals surface area (Å²) in [6, 6.07) is 10.7. The summed E-state index contributed by atoms with van der Waals surface area (Å²) in [6.45, 7) is 9.61. The highest BCUT2D eigenvalue weighted by Gasteiger charge is 2.27. The number of nitrogens with one attached hydrogen (secondary N) is 1. The van der Waals surface area contributed by atoms with Gasteiger partial charge in [-0.05, 0) is 75.1 Å². The number of halogens is 2. The molecule has 0 spiro atoms. The van der Waals surface area contributed by atoms with E-state index < -0.39 is 6.04 Å². The lowest BCUT2D eigenvalue weighted by atomic mass is 10.1. The monoisotopic (exact) mass is 508 g/mol. The van der Waals surface area contributed by atoms with Crippen LogP contribution >= 0.6 is 27.5 Å². The van der Waals surface area contributed by atoms with Crippen LogP contribution in [-0.2, 0) is 16.1 Å². The van der Waals surface area contributed by atoms with Crippen LogP contribution in [0, 0.1) is 13.8 Å². The van der Waals surface area contributed by atoms with E-state index in [1.54, 1.807) is 24.0 Å². The van der Waals surface area contributed by atoms with Crippen LogP contribution < -0.4 is 10.1 Å². The van der Waals surface area contributed by atoms with Gasteiger partial charge in [-0.2, -0.15) is 0 Å². The Morgan fingerprint density at radius 1 is 1.16 bits per heavy atom. The topological polar surface area (TPSA) is 58.6 Å². The molecule has 31 heavy (non-hydrogen) atoms. The molecule has 2 amide bonds. The van der Waals surface area contributed by atoms with Crippen LogP contribution in [0.4, 0.5) is 0 Å². The Bertz CT molecular complexity index is 912. The summed E-state index contributed by atoms with van der Waals surface area (Å²) >= 11 is 9.68. The van der Waals surface area contributed by atoms with E-state index in [4.69, 9.17) is 16.3 Å². The van der Waals surface area contributed by atoms with Crippen molar-refractivity contribution in [2.45, 2.75) is 59.7 Å². The average Bonchev–Trinajstić information content (AvgIpc) is 2.73. The molecule has 2 aromatic rings. The molecule has 5 nitrogen and oxygen atoms in total. The van der Waals surface area contributed by atoms with Crippen LogP contribution in [0.25, 0.3) is 0 Å². The zero-order valence-electron chi connectivity index (χ0n) is 18.7. The van der Waals surface area contributed by atoms with Gasteiger partial charge in [-0.25, -0.2) is 0 Å². The molecule has 1 N–H and O–H groups in total. The average molecular weight is 510 g/mol. The third-order valence-electron chi connectivity index (χ3n) is 5.18. The first-order valence-electron chi connectivity index (χ1n) is 10.4. The molecule has 0 aliphatic heterocycles. The maximum Gasteiger partial charge on any atom is 0.261 e. The lowest BCUT2D eigenvalue weighted by molar-refractivity contribution is -0.142. The third kappa shape index (κ3) is 7.25. The minimum absolute atomic E-state index is 0.0361. The van der Waals surface area contributed by atoms with Gasteiger partial charge in [0.05, 0.1) is 0 Å². The largest absolute Gasteiger partial charge is 0.484 e. The van der Waals surface area contributed by atoms with E-state index in [0.717, 1.165) is 27.6 Å². The minimum Gasteiger partial charge on any atom is -0.484 e. The fourth-order valence-electron chi connectivity index (χ4n) is 3.10. The van der Waals surface area contributed by atoms with E-state index in [1.165, 1.54) is 0 Å². The fourth-order valence-corrected chi connectivity index (χ4v) is 3.65. The molecule has 0 saturated carbocycles. The molecule has 0 aliphatic carbocycles. The summed E-state index contributed by atoms with van der Waals surface area (Å²) in [5, 5.41) is 3.64. The van der Waals surface area contributed by atoms with Crippen LogP contribution in [0.3, 0.4) is 0 Å². The molecule has 2 rings (SSSR count). The summed E-state index contributed by atoms with van der Waals surface area (Å²) < 4.78 is 6.68. The quantitative estimate of drug-likeness (QED) is 0.490. The zero-order chi connectivity index (χ0) is 23.1. The minimum atomic E-state index is -0.641. The number of ether oxygens (including phenoxy) is 1. The summed E-state index contributed by atoms with van der Waals surface area (Å²) in [7, 11) is 0. The van der Waals surface area contributed by atoms with Crippen LogP contribution in [-0.4, -0.2) is 35.4 Å². The van der Waals surface area contributed by atoms with Gasteiger partial charge in [-0.15, -0.1) is 0 Å². The number of hydrogen-bond acceptors (Lipinski definition) is 3. The van der Waals surface area contributed by atoms with Crippen molar-refractivity contribution < 1.29 is 14.3 Å². The number of carbonyl (C=O) groups is 2. The second-order valence-electron chi connectivity index (χ2n) is 7.81. The number of hydrogen-bond donors (Lipinski definition) is 1. The Hall–Kier alpha value is -2.05. The predicted octanol–water partition coefficient (Wildman–Crippen LogP) is 5.43. The molecule has 0 radical (unpaired) electrons. The van der Waals surface area contributed by atoms with E-state index in [0.29, 0.717) is 17.3 Å². The first-order valence-corrected chi connectivity index (χ1v) is 11.5. The van der Waals surface area contributed by atoms with Crippen molar-refractivity contribution in [3.8, 4) is 5.75 Å². The van der Waals surface area contributed by atoms with Gasteiger partial charge in [0, 0.05) is 22.1 Å². The summed E-state index contributed by atoms with van der Waals surface area (Å²) in [5.41, 5.74) is 2.69. The molecule has 2 aromatic carbocycles. The smallest absolute Gasteiger partial charge is 0.261 e. The summed E-state index contributed by atoms with van der Waals surface area (Å²) in [6.07, 6.45) is 0.816. The van der Waals surface area contributed by atoms with Gasteiger partial charge < -0.3 is 15.0 Å². The molecular formula is C24H30BrClN2O3. The van der Waals surface area contributed by atoms with Gasteiger partial charge in [-0.1, -0.05) is 46.6 Å². The van der Waals surface area contributed by atoms with Crippen molar-refractivity contribution >= 4 is 39.3 Å². The van der Waals surface area contributed by atoms with Gasteiger partial charge in [0.15, 0.2) is 6.61 Å². The maximum absolute atomic E-state index is 13.1. The van der Waals surface area contributed by atoms with Crippen molar-refractivity contribution in [3.63, 3.8) is 0 Å². The van der Waals surface area contributed by atoms with Crippen LogP contribution in [0.5, 0.6) is 5.75 Å². The number of nitrogens with zero attached hydrogens (tertiary/aromatic N) is 1. The van der Waals surface area contributed by atoms with Gasteiger partial charge in [0.1, 0.15) is 11.8 Å². The molecule has 168 valence electrons. The number of carbonyl (C=O) groups excluding carboxylic acids is 2. The van der Waals surface area contributed by atoms with Crippen molar-refractivity contribution in [2.24, 2.45) is 0 Å². The molecule has 0 saturated heterocycles. The third-order valence-corrected chi connectivity index (χ3v) is 6.27. The summed E-state index contributed by atoms with van der Waals surface area (Å²) in [4.78, 5) is 27.4. The van der Waals surface area contributed by atoms with E-state index in [-0.39, 0.29) is 24.5 Å². The zero-order valence-corrected chi connectivity index (χ0v) is 21.0. The van der Waals surface area contributed by atoms with E-state index in [9.17, 15) is 9.59 Å². The molecule has 2 atom stereocenters. The first kappa shape index (κ1) is 25.2. The Morgan fingerprint density at radius 3 is 2.39 bits per heavy atom. The lowest BCUT2D eigenvalue weighted by Gasteiger charge is -2.29. The second-order valence-corrected chi connectivity index (χ2v) is 9.10. The highest BCUT2D eigenvalue weighted by molar-refractivity contribution is 9.10. The van der Waals surface area contributed by atoms with Crippen LogP contribution in [0.2, 0.25) is 5.02 Å². The molecule has 0 bridgehead atoms. The number of aryl methyl sites for hydroxylation is 2. The Kier molecular flexibility index (Phi) is 9.38. The molecule has 7 heteroatoms. The molecule has 0 unspecified atom stereocenters. The molecule has 0 fully saturated rings. The molecule has 0 aliphatic rings. The van der Waals surface area contributed by atoms with Crippen molar-refractivity contribution in [1.29, 1.82) is 0 Å². The predicted molar refractivity (Wildman–Crippen MR) is 128 cm³/mol. The Balaban J connectivity index is 2.19. The highest BCUT2D eigenvalue weighted by atomic mass is 79.9. The number of rotatable bonds is 9. The first-order chi connectivity index (χ1) is 14.6. The normalized spacial score (nSPS) is 12.7. The van der Waals surface area contributed by atoms with Gasteiger partial charge in [0.2, 0.25) is 5.91 Å². The van der Waals surface area contributed by atoms with Gasteiger partial charge in [0.25, 0.3) is 5.91 Å². The van der Waals surface area contributed by atoms with Gasteiger partial charge in [-0.3, -0.25) is 9.59 Å². The Morgan fingerprint density at radius 2 is 1.81 bits per heavy atom. The van der Waals surface area contributed by atoms with Crippen molar-refractivity contribution in [2.75, 3.05) is 6.61 Å². The highest BCUT2D eigenvalue weighted by Crippen LogP contribution is 2.26. The fraction of sp³-hybridized carbons (Fsp3) is 0.417. The SMILES string of the molecule is CC[C@@H](C)NC(=O)[C@@H](C)N(Cc1cccc(Br)c1)C(=O)COc1cc(C)c(Cl)c(C)c1. The molecule has 0 heterocycles. The van der Waals surface area contributed by atoms with Crippen molar-refractivity contribution in [3.05, 3.63) is 62.6 Å². The van der Waals surface area contributed by atoms with E-state index >= 15 is 0 Å². The lowest BCUT2D eigenvalue weighted by Crippen LogP contribution is -2.50. The van der Waals surface area contributed by atoms with Gasteiger partial charge >= 0.3 is 0 Å². The standard InChI is InChI=1S/C24H30BrClN2O3/c1-6-17(4)27-24(30)18(5)28(13-19-8-7-9-20(25)12-19)22(29)14-31-21-10-15(2)23(26)16(3)11-21/h7-12,17-18H,6,13-14H2,1-5H3,(H,27,30)/t17-,18-/m1/s1.